The average Bonchev–Trinajstić information content (AvgIpc) is 2.38. The standard InChI is InChI=1S/C14H8Cl3NO/c15-12-2-1-3-13(16)11(12)8-19-10-5-4-9(7-18)14(17)6-10/h1-6H,8H2. The number of rotatable bonds is 3. The molecule has 0 amide bonds. The smallest absolute Gasteiger partial charge is 0.121 e. The van der Waals surface area contributed by atoms with E-state index in [1.807, 2.05) is 6.07 Å². The lowest BCUT2D eigenvalue weighted by Crippen LogP contribution is -1.97. The second-order valence-electron chi connectivity index (χ2n) is 3.74. The second-order valence-corrected chi connectivity index (χ2v) is 4.96. The number of benzene rings is 2. The fourth-order valence-electron chi connectivity index (χ4n) is 1.50. The zero-order valence-corrected chi connectivity index (χ0v) is 11.9. The van der Waals surface area contributed by atoms with Gasteiger partial charge >= 0.3 is 0 Å². The molecule has 0 fully saturated rings. The predicted molar refractivity (Wildman–Crippen MR) is 77.0 cm³/mol. The van der Waals surface area contributed by atoms with Gasteiger partial charge in [0.2, 0.25) is 0 Å². The van der Waals surface area contributed by atoms with Gasteiger partial charge in [0.15, 0.2) is 0 Å². The number of nitrogens with zero attached hydrogens (tertiary/aromatic N) is 1. The zero-order chi connectivity index (χ0) is 13.8. The molecule has 0 spiro atoms. The van der Waals surface area contributed by atoms with Gasteiger partial charge in [-0.15, -0.1) is 0 Å². The molecule has 0 N–H and O–H groups in total. The van der Waals surface area contributed by atoms with Crippen molar-refractivity contribution in [2.24, 2.45) is 0 Å². The first kappa shape index (κ1) is 14.0. The van der Waals surface area contributed by atoms with E-state index < -0.39 is 0 Å². The monoisotopic (exact) mass is 311 g/mol. The summed E-state index contributed by atoms with van der Waals surface area (Å²) in [4.78, 5) is 0. The van der Waals surface area contributed by atoms with E-state index in [9.17, 15) is 0 Å². The zero-order valence-electron chi connectivity index (χ0n) is 9.66. The molecule has 0 atom stereocenters. The van der Waals surface area contributed by atoms with Gasteiger partial charge in [-0.05, 0) is 24.3 Å². The van der Waals surface area contributed by atoms with E-state index in [-0.39, 0.29) is 6.61 Å². The Hall–Kier alpha value is -1.40. The van der Waals surface area contributed by atoms with E-state index in [4.69, 9.17) is 44.8 Å². The Kier molecular flexibility index (Phi) is 4.55. The van der Waals surface area contributed by atoms with Gasteiger partial charge in [0.05, 0.1) is 10.6 Å². The van der Waals surface area contributed by atoms with Crippen LogP contribution in [0.5, 0.6) is 5.75 Å². The number of nitriles is 1. The summed E-state index contributed by atoms with van der Waals surface area (Å²) in [5.74, 6) is 0.556. The van der Waals surface area contributed by atoms with Gasteiger partial charge in [-0.1, -0.05) is 40.9 Å². The largest absolute Gasteiger partial charge is 0.489 e. The maximum atomic E-state index is 8.78. The minimum Gasteiger partial charge on any atom is -0.489 e. The quantitative estimate of drug-likeness (QED) is 0.790. The van der Waals surface area contributed by atoms with Crippen LogP contribution in [0.25, 0.3) is 0 Å². The van der Waals surface area contributed by atoms with Crippen molar-refractivity contribution < 1.29 is 4.74 Å². The molecule has 0 aliphatic heterocycles. The molecule has 2 aromatic carbocycles. The maximum Gasteiger partial charge on any atom is 0.121 e. The van der Waals surface area contributed by atoms with E-state index in [2.05, 4.69) is 0 Å². The highest BCUT2D eigenvalue weighted by atomic mass is 35.5. The molecule has 0 aliphatic carbocycles. The molecule has 19 heavy (non-hydrogen) atoms. The van der Waals surface area contributed by atoms with Gasteiger partial charge in [-0.25, -0.2) is 0 Å². The minimum atomic E-state index is 0.237. The molecule has 0 radical (unpaired) electrons. The van der Waals surface area contributed by atoms with Crippen molar-refractivity contribution >= 4 is 34.8 Å². The number of hydrogen-bond acceptors (Lipinski definition) is 2. The maximum absolute atomic E-state index is 8.78. The highest BCUT2D eigenvalue weighted by Gasteiger charge is 2.07. The van der Waals surface area contributed by atoms with E-state index in [0.717, 1.165) is 0 Å². The highest BCUT2D eigenvalue weighted by molar-refractivity contribution is 6.36. The summed E-state index contributed by atoms with van der Waals surface area (Å²) in [6.45, 7) is 0.237. The molecule has 0 aromatic heterocycles. The summed E-state index contributed by atoms with van der Waals surface area (Å²) >= 11 is 18.0. The van der Waals surface area contributed by atoms with Gasteiger partial charge in [-0.2, -0.15) is 5.26 Å². The number of hydrogen-bond donors (Lipinski definition) is 0. The van der Waals surface area contributed by atoms with Gasteiger partial charge in [-0.3, -0.25) is 0 Å². The lowest BCUT2D eigenvalue weighted by atomic mass is 10.2. The van der Waals surface area contributed by atoms with Gasteiger partial charge < -0.3 is 4.74 Å². The average molecular weight is 313 g/mol. The van der Waals surface area contributed by atoms with Crippen LogP contribution in [0.3, 0.4) is 0 Å². The van der Waals surface area contributed by atoms with E-state index in [1.165, 1.54) is 0 Å². The Morgan fingerprint density at radius 3 is 2.26 bits per heavy atom. The Labute approximate surface area is 126 Å². The first-order valence-corrected chi connectivity index (χ1v) is 6.50. The van der Waals surface area contributed by atoms with E-state index in [1.54, 1.807) is 36.4 Å². The Morgan fingerprint density at radius 2 is 1.68 bits per heavy atom. The van der Waals surface area contributed by atoms with Crippen molar-refractivity contribution in [2.75, 3.05) is 0 Å². The third-order valence-electron chi connectivity index (χ3n) is 2.51. The van der Waals surface area contributed by atoms with Gasteiger partial charge in [0.25, 0.3) is 0 Å². The van der Waals surface area contributed by atoms with Crippen LogP contribution in [0.1, 0.15) is 11.1 Å². The number of ether oxygens (including phenoxy) is 1. The fraction of sp³-hybridized carbons (Fsp3) is 0.0714. The van der Waals surface area contributed by atoms with Crippen molar-refractivity contribution in [1.82, 2.24) is 0 Å². The molecule has 0 saturated heterocycles. The summed E-state index contributed by atoms with van der Waals surface area (Å²) in [5, 5.41) is 10.2. The lowest BCUT2D eigenvalue weighted by molar-refractivity contribution is 0.306. The van der Waals surface area contributed by atoms with Crippen molar-refractivity contribution in [3.05, 3.63) is 62.6 Å². The van der Waals surface area contributed by atoms with Gasteiger partial charge in [0, 0.05) is 21.7 Å². The summed E-state index contributed by atoms with van der Waals surface area (Å²) in [7, 11) is 0. The molecule has 0 unspecified atom stereocenters. The number of halogens is 3. The molecule has 0 saturated carbocycles. The van der Waals surface area contributed by atoms with Crippen LogP contribution in [0.2, 0.25) is 15.1 Å². The summed E-state index contributed by atoms with van der Waals surface area (Å²) in [6.07, 6.45) is 0. The van der Waals surface area contributed by atoms with Crippen molar-refractivity contribution in [2.45, 2.75) is 6.61 Å². The van der Waals surface area contributed by atoms with E-state index >= 15 is 0 Å². The third kappa shape index (κ3) is 3.33. The van der Waals surface area contributed by atoms with Crippen LogP contribution in [0, 0.1) is 11.3 Å². The molecule has 0 heterocycles. The van der Waals surface area contributed by atoms with Crippen LogP contribution in [-0.4, -0.2) is 0 Å². The van der Waals surface area contributed by atoms with Crippen LogP contribution in [-0.2, 0) is 6.61 Å². The minimum absolute atomic E-state index is 0.237. The molecule has 96 valence electrons. The summed E-state index contributed by atoms with van der Waals surface area (Å²) in [6, 6.07) is 12.1. The Bertz CT molecular complexity index is 629. The first-order chi connectivity index (χ1) is 9.11. The first-order valence-electron chi connectivity index (χ1n) is 5.37. The predicted octanol–water partition coefficient (Wildman–Crippen LogP) is 5.10. The molecule has 2 aromatic rings. The molecule has 2 nitrogen and oxygen atoms in total. The van der Waals surface area contributed by atoms with Gasteiger partial charge in [0.1, 0.15) is 18.4 Å². The molecule has 2 rings (SSSR count). The fourth-order valence-corrected chi connectivity index (χ4v) is 2.22. The summed E-state index contributed by atoms with van der Waals surface area (Å²) in [5.41, 5.74) is 1.12. The molecular weight excluding hydrogens is 305 g/mol. The molecule has 0 bridgehead atoms. The van der Waals surface area contributed by atoms with Crippen molar-refractivity contribution in [1.29, 1.82) is 5.26 Å². The van der Waals surface area contributed by atoms with Crippen molar-refractivity contribution in [3.8, 4) is 11.8 Å². The van der Waals surface area contributed by atoms with Crippen molar-refractivity contribution in [3.63, 3.8) is 0 Å². The Morgan fingerprint density at radius 1 is 1.00 bits per heavy atom. The molecule has 5 heteroatoms. The van der Waals surface area contributed by atoms with Crippen LogP contribution < -0.4 is 4.74 Å². The normalized spacial score (nSPS) is 10.0. The summed E-state index contributed by atoms with van der Waals surface area (Å²) < 4.78 is 5.57. The second kappa shape index (κ2) is 6.16. The topological polar surface area (TPSA) is 33.0 Å². The molecular formula is C14H8Cl3NO. The van der Waals surface area contributed by atoms with Crippen LogP contribution in [0.15, 0.2) is 36.4 Å². The Balaban J connectivity index is 2.15. The highest BCUT2D eigenvalue weighted by Crippen LogP contribution is 2.27. The van der Waals surface area contributed by atoms with E-state index in [0.29, 0.717) is 31.9 Å². The van der Waals surface area contributed by atoms with Crippen LogP contribution in [0.4, 0.5) is 0 Å². The molecule has 0 aliphatic rings. The third-order valence-corrected chi connectivity index (χ3v) is 3.53. The SMILES string of the molecule is N#Cc1ccc(OCc2c(Cl)cccc2Cl)cc1Cl. The lowest BCUT2D eigenvalue weighted by Gasteiger charge is -2.10. The van der Waals surface area contributed by atoms with Crippen LogP contribution >= 0.6 is 34.8 Å².